The quantitative estimate of drug-likeness (QED) is 0.702. The lowest BCUT2D eigenvalue weighted by Gasteiger charge is -2.24. The molecule has 0 aromatic rings. The van der Waals surface area contributed by atoms with E-state index in [9.17, 15) is 0 Å². The number of hydrogen-bond donors (Lipinski definition) is 1. The minimum atomic E-state index is 0.352. The second-order valence-corrected chi connectivity index (χ2v) is 4.01. The second kappa shape index (κ2) is 5.58. The molecule has 0 aromatic carbocycles. The van der Waals surface area contributed by atoms with Crippen LogP contribution in [0.3, 0.4) is 0 Å². The normalized spacial score (nSPS) is 28.4. The zero-order valence-electron chi connectivity index (χ0n) is 9.05. The van der Waals surface area contributed by atoms with E-state index >= 15 is 0 Å². The fourth-order valence-corrected chi connectivity index (χ4v) is 1.80. The highest BCUT2D eigenvalue weighted by atomic mass is 16.5. The van der Waals surface area contributed by atoms with Crippen LogP contribution in [0.2, 0.25) is 0 Å². The summed E-state index contributed by atoms with van der Waals surface area (Å²) in [5, 5.41) is 3.48. The van der Waals surface area contributed by atoms with Crippen LogP contribution >= 0.6 is 0 Å². The van der Waals surface area contributed by atoms with Gasteiger partial charge in [0.2, 0.25) is 0 Å². The van der Waals surface area contributed by atoms with Gasteiger partial charge in [0, 0.05) is 26.2 Å². The maximum absolute atomic E-state index is 5.27. The first-order valence-corrected chi connectivity index (χ1v) is 5.21. The Morgan fingerprint density at radius 1 is 1.62 bits per heavy atom. The minimum absolute atomic E-state index is 0.352. The third-order valence-corrected chi connectivity index (χ3v) is 2.59. The topological polar surface area (TPSA) is 24.5 Å². The highest BCUT2D eigenvalue weighted by Gasteiger charge is 2.15. The van der Waals surface area contributed by atoms with Gasteiger partial charge in [-0.2, -0.15) is 0 Å². The van der Waals surface area contributed by atoms with Crippen LogP contribution in [0.1, 0.15) is 20.3 Å². The van der Waals surface area contributed by atoms with Gasteiger partial charge < -0.3 is 10.1 Å². The van der Waals surface area contributed by atoms with Crippen LogP contribution in [-0.4, -0.2) is 50.3 Å². The molecular weight excluding hydrogens is 164 g/mol. The first-order chi connectivity index (χ1) is 6.22. The van der Waals surface area contributed by atoms with Crippen molar-refractivity contribution < 1.29 is 4.74 Å². The Kier molecular flexibility index (Phi) is 4.70. The molecule has 13 heavy (non-hydrogen) atoms. The molecule has 0 aliphatic carbocycles. The summed E-state index contributed by atoms with van der Waals surface area (Å²) in [5.74, 6) is 0. The van der Waals surface area contributed by atoms with E-state index in [-0.39, 0.29) is 0 Å². The van der Waals surface area contributed by atoms with Crippen LogP contribution in [0.5, 0.6) is 0 Å². The molecule has 0 radical (unpaired) electrons. The number of rotatable bonds is 3. The lowest BCUT2D eigenvalue weighted by Crippen LogP contribution is -2.38. The molecule has 2 unspecified atom stereocenters. The smallest absolute Gasteiger partial charge is 0.0670 e. The standard InChI is InChI=1S/C10H22N2O/c1-9-7-12(6-4-5-11-9)8-10(2)13-3/h9-11H,4-8H2,1-3H3. The lowest BCUT2D eigenvalue weighted by molar-refractivity contribution is 0.0770. The molecule has 0 spiro atoms. The average molecular weight is 186 g/mol. The zero-order valence-corrected chi connectivity index (χ0v) is 9.05. The largest absolute Gasteiger partial charge is 0.380 e. The van der Waals surface area contributed by atoms with Crippen molar-refractivity contribution in [3.8, 4) is 0 Å². The molecule has 0 amide bonds. The van der Waals surface area contributed by atoms with Crippen molar-refractivity contribution in [2.75, 3.05) is 33.3 Å². The van der Waals surface area contributed by atoms with Crippen LogP contribution < -0.4 is 5.32 Å². The van der Waals surface area contributed by atoms with E-state index in [0.717, 1.165) is 19.6 Å². The molecule has 1 saturated heterocycles. The van der Waals surface area contributed by atoms with Gasteiger partial charge in [-0.15, -0.1) is 0 Å². The molecule has 0 bridgehead atoms. The van der Waals surface area contributed by atoms with Gasteiger partial charge in [0.1, 0.15) is 0 Å². The van der Waals surface area contributed by atoms with Gasteiger partial charge in [0.15, 0.2) is 0 Å². The molecule has 1 rings (SSSR count). The van der Waals surface area contributed by atoms with Crippen molar-refractivity contribution in [3.05, 3.63) is 0 Å². The van der Waals surface area contributed by atoms with E-state index in [0.29, 0.717) is 12.1 Å². The maximum atomic E-state index is 5.27. The number of hydrogen-bond acceptors (Lipinski definition) is 3. The molecule has 3 heteroatoms. The predicted molar refractivity (Wildman–Crippen MR) is 55.0 cm³/mol. The molecule has 1 aliphatic heterocycles. The maximum Gasteiger partial charge on any atom is 0.0670 e. The van der Waals surface area contributed by atoms with Crippen molar-refractivity contribution in [1.82, 2.24) is 10.2 Å². The monoisotopic (exact) mass is 186 g/mol. The van der Waals surface area contributed by atoms with Crippen LogP contribution in [0.15, 0.2) is 0 Å². The Hall–Kier alpha value is -0.120. The van der Waals surface area contributed by atoms with E-state index in [1.165, 1.54) is 13.0 Å². The first kappa shape index (κ1) is 11.0. The molecule has 0 aromatic heterocycles. The Labute approximate surface area is 81.4 Å². The predicted octanol–water partition coefficient (Wildman–Crippen LogP) is 0.705. The first-order valence-electron chi connectivity index (χ1n) is 5.21. The molecular formula is C10H22N2O. The van der Waals surface area contributed by atoms with Gasteiger partial charge in [-0.1, -0.05) is 0 Å². The third-order valence-electron chi connectivity index (χ3n) is 2.59. The van der Waals surface area contributed by atoms with Crippen LogP contribution in [0, 0.1) is 0 Å². The number of ether oxygens (including phenoxy) is 1. The molecule has 1 N–H and O–H groups in total. The van der Waals surface area contributed by atoms with Crippen LogP contribution in [0.25, 0.3) is 0 Å². The summed E-state index contributed by atoms with van der Waals surface area (Å²) in [7, 11) is 1.78. The third kappa shape index (κ3) is 4.07. The summed E-state index contributed by atoms with van der Waals surface area (Å²) in [4.78, 5) is 2.48. The van der Waals surface area contributed by atoms with Gasteiger partial charge in [-0.05, 0) is 33.4 Å². The van der Waals surface area contributed by atoms with Crippen molar-refractivity contribution in [3.63, 3.8) is 0 Å². The second-order valence-electron chi connectivity index (χ2n) is 4.01. The molecule has 2 atom stereocenters. The summed E-state index contributed by atoms with van der Waals surface area (Å²) in [6, 6.07) is 0.617. The van der Waals surface area contributed by atoms with E-state index < -0.39 is 0 Å². The fraction of sp³-hybridized carbons (Fsp3) is 1.00. The zero-order chi connectivity index (χ0) is 9.68. The highest BCUT2D eigenvalue weighted by Crippen LogP contribution is 2.02. The molecule has 3 nitrogen and oxygen atoms in total. The van der Waals surface area contributed by atoms with Gasteiger partial charge in [-0.25, -0.2) is 0 Å². The van der Waals surface area contributed by atoms with Crippen molar-refractivity contribution >= 4 is 0 Å². The van der Waals surface area contributed by atoms with E-state index in [4.69, 9.17) is 4.74 Å². The fourth-order valence-electron chi connectivity index (χ4n) is 1.80. The van der Waals surface area contributed by atoms with E-state index in [1.807, 2.05) is 0 Å². The Bertz CT molecular complexity index is 141. The summed E-state index contributed by atoms with van der Waals surface area (Å²) in [6.07, 6.45) is 1.60. The SMILES string of the molecule is COC(C)CN1CCCNC(C)C1. The Balaban J connectivity index is 2.30. The van der Waals surface area contributed by atoms with Gasteiger partial charge in [0.05, 0.1) is 6.10 Å². The number of nitrogens with zero attached hydrogens (tertiary/aromatic N) is 1. The van der Waals surface area contributed by atoms with Crippen molar-refractivity contribution in [1.29, 1.82) is 0 Å². The molecule has 0 saturated carbocycles. The Morgan fingerprint density at radius 2 is 2.38 bits per heavy atom. The lowest BCUT2D eigenvalue weighted by atomic mass is 10.3. The summed E-state index contributed by atoms with van der Waals surface area (Å²) in [5.41, 5.74) is 0. The minimum Gasteiger partial charge on any atom is -0.380 e. The molecule has 1 heterocycles. The van der Waals surface area contributed by atoms with Crippen molar-refractivity contribution in [2.24, 2.45) is 0 Å². The van der Waals surface area contributed by atoms with Crippen LogP contribution in [-0.2, 0) is 4.74 Å². The summed E-state index contributed by atoms with van der Waals surface area (Å²) < 4.78 is 5.27. The van der Waals surface area contributed by atoms with E-state index in [1.54, 1.807) is 7.11 Å². The van der Waals surface area contributed by atoms with Gasteiger partial charge in [-0.3, -0.25) is 4.90 Å². The summed E-state index contributed by atoms with van der Waals surface area (Å²) >= 11 is 0. The van der Waals surface area contributed by atoms with Gasteiger partial charge >= 0.3 is 0 Å². The Morgan fingerprint density at radius 3 is 3.08 bits per heavy atom. The highest BCUT2D eigenvalue weighted by molar-refractivity contribution is 4.74. The van der Waals surface area contributed by atoms with Crippen LogP contribution in [0.4, 0.5) is 0 Å². The summed E-state index contributed by atoms with van der Waals surface area (Å²) in [6.45, 7) is 8.93. The molecule has 1 aliphatic rings. The average Bonchev–Trinajstić information content (AvgIpc) is 2.30. The molecule has 78 valence electrons. The van der Waals surface area contributed by atoms with Gasteiger partial charge in [0.25, 0.3) is 0 Å². The van der Waals surface area contributed by atoms with Crippen molar-refractivity contribution in [2.45, 2.75) is 32.4 Å². The number of methoxy groups -OCH3 is 1. The number of nitrogens with one attached hydrogen (secondary N) is 1. The van der Waals surface area contributed by atoms with E-state index in [2.05, 4.69) is 24.1 Å². The molecule has 1 fully saturated rings.